The third-order valence-electron chi connectivity index (χ3n) is 5.42. The minimum absolute atomic E-state index is 0.0222. The Morgan fingerprint density at radius 2 is 1.80 bits per heavy atom. The van der Waals surface area contributed by atoms with Gasteiger partial charge in [0, 0.05) is 18.1 Å². The lowest BCUT2D eigenvalue weighted by Crippen LogP contribution is -2.13. The van der Waals surface area contributed by atoms with E-state index in [1.165, 1.54) is 11.1 Å². The quantitative estimate of drug-likeness (QED) is 0.485. The first kappa shape index (κ1) is 18.3. The zero-order valence-corrected chi connectivity index (χ0v) is 16.8. The summed E-state index contributed by atoms with van der Waals surface area (Å²) in [5.74, 6) is 1.31. The fourth-order valence-electron chi connectivity index (χ4n) is 3.71. The van der Waals surface area contributed by atoms with Gasteiger partial charge in [0.05, 0.1) is 12.1 Å². The van der Waals surface area contributed by atoms with E-state index in [0.29, 0.717) is 5.78 Å². The number of hydrogen-bond donors (Lipinski definition) is 1. The smallest absolute Gasteiger partial charge is 0.257 e. The monoisotopic (exact) mass is 395 g/mol. The molecular formula is C24H21N5O. The number of aromatic nitrogens is 4. The summed E-state index contributed by atoms with van der Waals surface area (Å²) >= 11 is 0. The van der Waals surface area contributed by atoms with Gasteiger partial charge in [0.15, 0.2) is 0 Å². The number of hydrogen-bond acceptors (Lipinski definition) is 5. The SMILES string of the molecule is Cc1ccc(-c2cccc(N(C)c3nc4nncn4c4cc(CO)ccc34)c2)cc1. The summed E-state index contributed by atoms with van der Waals surface area (Å²) in [5, 5.41) is 18.7. The Morgan fingerprint density at radius 1 is 0.967 bits per heavy atom. The van der Waals surface area contributed by atoms with Crippen molar-refractivity contribution in [2.75, 3.05) is 11.9 Å². The summed E-state index contributed by atoms with van der Waals surface area (Å²) in [6.45, 7) is 2.07. The first-order valence-corrected chi connectivity index (χ1v) is 9.78. The summed E-state index contributed by atoms with van der Waals surface area (Å²) in [7, 11) is 2.00. The van der Waals surface area contributed by atoms with Gasteiger partial charge in [-0.3, -0.25) is 4.40 Å². The largest absolute Gasteiger partial charge is 0.392 e. The number of rotatable bonds is 4. The molecule has 3 aromatic carbocycles. The number of fused-ring (bicyclic) bond motifs is 3. The van der Waals surface area contributed by atoms with E-state index in [1.54, 1.807) is 6.33 Å². The average Bonchev–Trinajstić information content (AvgIpc) is 3.27. The normalized spacial score (nSPS) is 11.3. The van der Waals surface area contributed by atoms with Crippen molar-refractivity contribution in [1.29, 1.82) is 0 Å². The van der Waals surface area contributed by atoms with Crippen LogP contribution in [0.3, 0.4) is 0 Å². The van der Waals surface area contributed by atoms with E-state index in [4.69, 9.17) is 4.98 Å². The summed E-state index contributed by atoms with van der Waals surface area (Å²) in [6.07, 6.45) is 1.65. The van der Waals surface area contributed by atoms with Crippen LogP contribution < -0.4 is 4.90 Å². The molecule has 0 amide bonds. The van der Waals surface area contributed by atoms with Crippen LogP contribution in [-0.4, -0.2) is 31.7 Å². The van der Waals surface area contributed by atoms with Gasteiger partial charge in [0.25, 0.3) is 5.78 Å². The molecule has 0 spiro atoms. The second-order valence-electron chi connectivity index (χ2n) is 7.42. The standard InChI is InChI=1S/C24H21N5O/c1-16-6-9-18(10-7-16)19-4-3-5-20(13-19)28(2)23-21-11-8-17(14-30)12-22(21)29-15-25-27-24(29)26-23/h3-13,15,30H,14H2,1-2H3. The molecule has 0 saturated carbocycles. The number of aliphatic hydroxyl groups excluding tert-OH is 1. The van der Waals surface area contributed by atoms with Crippen molar-refractivity contribution >= 4 is 28.2 Å². The predicted octanol–water partition coefficient (Wildman–Crippen LogP) is 4.51. The molecule has 6 heteroatoms. The van der Waals surface area contributed by atoms with Crippen molar-refractivity contribution in [3.05, 3.63) is 84.2 Å². The Kier molecular flexibility index (Phi) is 4.41. The van der Waals surface area contributed by atoms with Crippen molar-refractivity contribution in [1.82, 2.24) is 19.6 Å². The molecule has 5 rings (SSSR count). The highest BCUT2D eigenvalue weighted by atomic mass is 16.3. The predicted molar refractivity (Wildman–Crippen MR) is 119 cm³/mol. The van der Waals surface area contributed by atoms with Crippen LogP contribution in [0.2, 0.25) is 0 Å². The molecule has 2 heterocycles. The van der Waals surface area contributed by atoms with Crippen molar-refractivity contribution < 1.29 is 5.11 Å². The molecule has 0 aliphatic heterocycles. The maximum absolute atomic E-state index is 9.57. The fraction of sp³-hybridized carbons (Fsp3) is 0.125. The summed E-state index contributed by atoms with van der Waals surface area (Å²) in [4.78, 5) is 6.82. The van der Waals surface area contributed by atoms with Crippen LogP contribution in [-0.2, 0) is 6.61 Å². The minimum atomic E-state index is -0.0222. The molecule has 0 saturated heterocycles. The van der Waals surface area contributed by atoms with E-state index in [2.05, 4.69) is 70.6 Å². The second kappa shape index (κ2) is 7.24. The van der Waals surface area contributed by atoms with E-state index < -0.39 is 0 Å². The molecular weight excluding hydrogens is 374 g/mol. The molecule has 0 atom stereocenters. The molecule has 0 fully saturated rings. The van der Waals surface area contributed by atoms with Crippen LogP contribution in [0.1, 0.15) is 11.1 Å². The Balaban J connectivity index is 1.65. The Labute approximate surface area is 174 Å². The van der Waals surface area contributed by atoms with Gasteiger partial charge in [-0.2, -0.15) is 4.98 Å². The third-order valence-corrected chi connectivity index (χ3v) is 5.42. The number of nitrogens with zero attached hydrogens (tertiary/aromatic N) is 5. The molecule has 1 N–H and O–H groups in total. The second-order valence-corrected chi connectivity index (χ2v) is 7.42. The number of benzene rings is 3. The van der Waals surface area contributed by atoms with Gasteiger partial charge < -0.3 is 10.0 Å². The molecule has 0 bridgehead atoms. The Hall–Kier alpha value is -3.77. The lowest BCUT2D eigenvalue weighted by molar-refractivity contribution is 0.282. The molecule has 0 unspecified atom stereocenters. The minimum Gasteiger partial charge on any atom is -0.392 e. The highest BCUT2D eigenvalue weighted by Crippen LogP contribution is 2.32. The number of aryl methyl sites for hydroxylation is 1. The first-order chi connectivity index (χ1) is 14.6. The van der Waals surface area contributed by atoms with Crippen molar-refractivity contribution in [3.8, 4) is 11.1 Å². The summed E-state index contributed by atoms with van der Waals surface area (Å²) in [6, 6.07) is 22.8. The number of anilines is 2. The van der Waals surface area contributed by atoms with E-state index in [-0.39, 0.29) is 6.61 Å². The summed E-state index contributed by atoms with van der Waals surface area (Å²) < 4.78 is 1.84. The van der Waals surface area contributed by atoms with Crippen LogP contribution in [0.4, 0.5) is 11.5 Å². The van der Waals surface area contributed by atoms with Crippen molar-refractivity contribution in [2.24, 2.45) is 0 Å². The van der Waals surface area contributed by atoms with Crippen LogP contribution in [0.15, 0.2) is 73.1 Å². The van der Waals surface area contributed by atoms with E-state index >= 15 is 0 Å². The van der Waals surface area contributed by atoms with E-state index in [9.17, 15) is 5.11 Å². The zero-order chi connectivity index (χ0) is 20.7. The van der Waals surface area contributed by atoms with E-state index in [1.807, 2.05) is 29.6 Å². The first-order valence-electron chi connectivity index (χ1n) is 9.78. The zero-order valence-electron chi connectivity index (χ0n) is 16.8. The van der Waals surface area contributed by atoms with E-state index in [0.717, 1.165) is 33.5 Å². The molecule has 0 aliphatic rings. The van der Waals surface area contributed by atoms with Gasteiger partial charge in [-0.1, -0.05) is 48.0 Å². The van der Waals surface area contributed by atoms with Crippen LogP contribution in [0.25, 0.3) is 27.8 Å². The fourth-order valence-corrected chi connectivity index (χ4v) is 3.71. The van der Waals surface area contributed by atoms with Crippen LogP contribution in [0.5, 0.6) is 0 Å². The van der Waals surface area contributed by atoms with Gasteiger partial charge in [-0.25, -0.2) is 0 Å². The van der Waals surface area contributed by atoms with Crippen LogP contribution in [0, 0.1) is 6.92 Å². The number of aliphatic hydroxyl groups is 1. The average molecular weight is 395 g/mol. The molecule has 30 heavy (non-hydrogen) atoms. The molecule has 2 aromatic heterocycles. The molecule has 0 radical (unpaired) electrons. The molecule has 6 nitrogen and oxygen atoms in total. The Morgan fingerprint density at radius 3 is 2.60 bits per heavy atom. The van der Waals surface area contributed by atoms with Gasteiger partial charge >= 0.3 is 0 Å². The Bertz CT molecular complexity index is 1360. The maximum Gasteiger partial charge on any atom is 0.257 e. The van der Waals surface area contributed by atoms with Crippen molar-refractivity contribution in [2.45, 2.75) is 13.5 Å². The topological polar surface area (TPSA) is 66.6 Å². The highest BCUT2D eigenvalue weighted by molar-refractivity contribution is 5.94. The van der Waals surface area contributed by atoms with Crippen LogP contribution >= 0.6 is 0 Å². The third kappa shape index (κ3) is 3.07. The van der Waals surface area contributed by atoms with Crippen molar-refractivity contribution in [3.63, 3.8) is 0 Å². The van der Waals surface area contributed by atoms with Gasteiger partial charge in [0.2, 0.25) is 0 Å². The van der Waals surface area contributed by atoms with Gasteiger partial charge in [-0.15, -0.1) is 10.2 Å². The lowest BCUT2D eigenvalue weighted by atomic mass is 10.0. The lowest BCUT2D eigenvalue weighted by Gasteiger charge is -2.21. The van der Waals surface area contributed by atoms with Gasteiger partial charge in [-0.05, 0) is 47.9 Å². The maximum atomic E-state index is 9.57. The highest BCUT2D eigenvalue weighted by Gasteiger charge is 2.15. The van der Waals surface area contributed by atoms with Gasteiger partial charge in [0.1, 0.15) is 12.1 Å². The summed E-state index contributed by atoms with van der Waals surface area (Å²) in [5.41, 5.74) is 6.33. The molecule has 148 valence electrons. The molecule has 0 aliphatic carbocycles. The molecule has 5 aromatic rings.